The monoisotopic (exact) mass is 1200 g/mol. The zero-order valence-corrected chi connectivity index (χ0v) is 50.0. The molecule has 3 aliphatic rings. The maximum atomic E-state index is 14.4. The predicted octanol–water partition coefficient (Wildman–Crippen LogP) is 9.36. The molecule has 444 valence electrons. The van der Waals surface area contributed by atoms with Gasteiger partial charge in [0.25, 0.3) is 11.7 Å². The Morgan fingerprint density at radius 2 is 1.27 bits per heavy atom. The van der Waals surface area contributed by atoms with Gasteiger partial charge in [0.2, 0.25) is 16.6 Å². The standard InChI is InChI=1S/C30H30ClFN2O5.C24H20ClFO6.C8H18N2O.H3P/c1-18(2)33-17-30(13-21(30)15-35)34-14-22(24(36)12-11-20-9-6-10-23(31)25(20)32)27(37)28(26(34)29(33)38)39-16-19-7-4-3-5-8-19;1-2-30-24(29)23-22(31-13-15-7-4-3-5-8-15)21(28)17(14-32-23)19(27)12-11-16-9-6-10-18(25)20(16)26;1-6(2)10-5-8(9)3-7(8)4-11;/h3-10,14,18,21,35H,11-13,15-17H2,1-2H3;3-10,14H,2,11-13H2,1H3;6-7,10-11H,3-5,9H2,1-2H3;1H3/t21-,30-;;7-,8-;/m0.0./s1. The van der Waals surface area contributed by atoms with Gasteiger partial charge in [-0.3, -0.25) is 24.0 Å². The number of pyridine rings is 1. The summed E-state index contributed by atoms with van der Waals surface area (Å²) in [6, 6.07) is 27.6. The van der Waals surface area contributed by atoms with E-state index in [0.29, 0.717) is 24.9 Å². The number of aryl methyl sites for hydroxylation is 2. The van der Waals surface area contributed by atoms with E-state index in [-0.39, 0.29) is 136 Å². The van der Waals surface area contributed by atoms with E-state index in [1.165, 1.54) is 24.4 Å². The summed E-state index contributed by atoms with van der Waals surface area (Å²) in [6.45, 7) is 11.0. The highest BCUT2D eigenvalue weighted by Crippen LogP contribution is 2.54. The van der Waals surface area contributed by atoms with Crippen LogP contribution in [0.15, 0.2) is 124 Å². The largest absolute Gasteiger partial charge is 0.483 e. The Bertz CT molecular complexity index is 3390. The van der Waals surface area contributed by atoms with Crippen LogP contribution in [0.5, 0.6) is 11.5 Å². The fourth-order valence-corrected chi connectivity index (χ4v) is 10.0. The van der Waals surface area contributed by atoms with Gasteiger partial charge in [0, 0.05) is 74.8 Å². The first kappa shape index (κ1) is 65.5. The fourth-order valence-electron chi connectivity index (χ4n) is 9.64. The summed E-state index contributed by atoms with van der Waals surface area (Å²) in [5.41, 5.74) is 5.42. The van der Waals surface area contributed by atoms with Gasteiger partial charge in [-0.1, -0.05) is 122 Å². The third-order valence-electron chi connectivity index (χ3n) is 14.7. The minimum absolute atomic E-state index is 0. The zero-order chi connectivity index (χ0) is 59.5. The normalized spacial score (nSPS) is 18.2. The van der Waals surface area contributed by atoms with Gasteiger partial charge >= 0.3 is 5.97 Å². The molecule has 1 unspecified atom stereocenters. The number of aromatic nitrogens is 1. The summed E-state index contributed by atoms with van der Waals surface area (Å²) >= 11 is 11.6. The highest BCUT2D eigenvalue weighted by atomic mass is 35.5. The van der Waals surface area contributed by atoms with Crippen molar-refractivity contribution >= 4 is 56.5 Å². The van der Waals surface area contributed by atoms with Crippen LogP contribution >= 0.6 is 33.1 Å². The highest BCUT2D eigenvalue weighted by molar-refractivity contribution is 6.92. The van der Waals surface area contributed by atoms with Crippen molar-refractivity contribution in [2.24, 2.45) is 17.6 Å². The molecule has 1 spiro atoms. The van der Waals surface area contributed by atoms with Crippen LogP contribution in [0.25, 0.3) is 0 Å². The van der Waals surface area contributed by atoms with Crippen LogP contribution in [0.1, 0.15) is 124 Å². The fraction of sp³-hybridized carbons (Fsp3) is 0.387. The van der Waals surface area contributed by atoms with E-state index in [0.717, 1.165) is 30.4 Å². The summed E-state index contributed by atoms with van der Waals surface area (Å²) in [7, 11) is 0. The molecule has 2 aromatic heterocycles. The third kappa shape index (κ3) is 15.8. The maximum absolute atomic E-state index is 14.4. The molecule has 3 heterocycles. The summed E-state index contributed by atoms with van der Waals surface area (Å²) < 4.78 is 52.0. The number of halogens is 4. The Balaban J connectivity index is 0.000000226. The van der Waals surface area contributed by atoms with Crippen molar-refractivity contribution in [2.75, 3.05) is 32.9 Å². The Hall–Kier alpha value is -6.63. The maximum Gasteiger partial charge on any atom is 0.378 e. The average Bonchev–Trinajstić information content (AvgIpc) is 1.73. The van der Waals surface area contributed by atoms with Gasteiger partial charge < -0.3 is 49.4 Å². The van der Waals surface area contributed by atoms with Crippen molar-refractivity contribution in [3.8, 4) is 11.5 Å². The molecular weight excluding hydrogens is 1130 g/mol. The number of hydrogen-bond donors (Lipinski definition) is 4. The van der Waals surface area contributed by atoms with E-state index in [1.807, 2.05) is 50.2 Å². The van der Waals surface area contributed by atoms with Gasteiger partial charge in [-0.2, -0.15) is 9.90 Å². The Morgan fingerprint density at radius 1 is 0.747 bits per heavy atom. The van der Waals surface area contributed by atoms with E-state index in [9.17, 15) is 42.7 Å². The van der Waals surface area contributed by atoms with Crippen LogP contribution in [0.3, 0.4) is 0 Å². The zero-order valence-electron chi connectivity index (χ0n) is 47.1. The second-order valence-electron chi connectivity index (χ2n) is 21.2. The van der Waals surface area contributed by atoms with Crippen molar-refractivity contribution in [1.82, 2.24) is 14.8 Å². The molecule has 83 heavy (non-hydrogen) atoms. The second-order valence-corrected chi connectivity index (χ2v) is 22.0. The average molecular weight is 1200 g/mol. The van der Waals surface area contributed by atoms with E-state index < -0.39 is 57.1 Å². The lowest BCUT2D eigenvalue weighted by atomic mass is 9.99. The van der Waals surface area contributed by atoms with Gasteiger partial charge in [0.1, 0.15) is 36.7 Å². The van der Waals surface area contributed by atoms with Crippen LogP contribution in [-0.2, 0) is 36.3 Å². The predicted molar refractivity (Wildman–Crippen MR) is 317 cm³/mol. The summed E-state index contributed by atoms with van der Waals surface area (Å²) in [4.78, 5) is 80.4. The summed E-state index contributed by atoms with van der Waals surface area (Å²) in [6.07, 6.45) is 3.68. The molecule has 5 N–H and O–H groups in total. The molecule has 0 saturated heterocycles. The Morgan fingerprint density at radius 3 is 1.75 bits per heavy atom. The van der Waals surface area contributed by atoms with Crippen molar-refractivity contribution in [1.29, 1.82) is 0 Å². The topological polar surface area (TPSA) is 230 Å². The molecule has 1 amide bonds. The Kier molecular flexibility index (Phi) is 23.1. The number of fused-ring (bicyclic) bond motifs is 2. The number of benzene rings is 4. The number of Topliss-reactive ketones (excluding diaryl/α,β-unsaturated/α-hetero) is 2. The lowest BCUT2D eigenvalue weighted by Gasteiger charge is -2.40. The number of nitrogens with zero attached hydrogens (tertiary/aromatic N) is 2. The summed E-state index contributed by atoms with van der Waals surface area (Å²) in [5, 5.41) is 22.0. The second kappa shape index (κ2) is 29.3. The molecule has 2 aliphatic carbocycles. The number of ketones is 2. The van der Waals surface area contributed by atoms with Crippen molar-refractivity contribution in [2.45, 2.75) is 110 Å². The number of amides is 1. The minimum atomic E-state index is -0.882. The molecule has 5 atom stereocenters. The molecule has 16 nitrogen and oxygen atoms in total. The van der Waals surface area contributed by atoms with E-state index in [1.54, 1.807) is 58.9 Å². The first-order valence-corrected chi connectivity index (χ1v) is 27.9. The molecule has 2 fully saturated rings. The molecule has 0 bridgehead atoms. The summed E-state index contributed by atoms with van der Waals surface area (Å²) in [5.74, 6) is -4.36. The third-order valence-corrected chi connectivity index (χ3v) is 15.3. The van der Waals surface area contributed by atoms with E-state index in [4.69, 9.17) is 52.7 Å². The van der Waals surface area contributed by atoms with Gasteiger partial charge in [0.15, 0.2) is 23.0 Å². The smallest absolute Gasteiger partial charge is 0.378 e. The molecule has 0 radical (unpaired) electrons. The highest BCUT2D eigenvalue weighted by Gasteiger charge is 2.60. The van der Waals surface area contributed by atoms with Crippen molar-refractivity contribution in [3.05, 3.63) is 196 Å². The van der Waals surface area contributed by atoms with Gasteiger partial charge in [0.05, 0.1) is 27.8 Å². The molecule has 1 aliphatic heterocycles. The molecular formula is C62H71Cl2F2N4O12P. The number of esters is 1. The Labute approximate surface area is 493 Å². The van der Waals surface area contributed by atoms with Crippen molar-refractivity contribution in [3.63, 3.8) is 0 Å². The van der Waals surface area contributed by atoms with Crippen LogP contribution in [0.2, 0.25) is 10.0 Å². The van der Waals surface area contributed by atoms with E-state index in [2.05, 4.69) is 19.2 Å². The van der Waals surface area contributed by atoms with Crippen LogP contribution in [0, 0.1) is 23.5 Å². The number of nitrogens with two attached hydrogens (primary N) is 1. The number of hydrogen-bond acceptors (Lipinski definition) is 14. The number of carbonyl (C=O) groups excluding carboxylic acids is 4. The van der Waals surface area contributed by atoms with Crippen LogP contribution < -0.4 is 31.4 Å². The van der Waals surface area contributed by atoms with Gasteiger partial charge in [-0.25, -0.2) is 13.6 Å². The SMILES string of the molecule is CC(C)N1C[C@]2(C[C@H]2CO)n2cc(C(=O)CCc3cccc(Cl)c3F)c(=O)c(OCc3ccccc3)c2C1=O.CC(C)NC[C@@]1(N)C[C@H]1CO.CCOC(=O)c1occ(C(=O)CCc2cccc(Cl)c2F)c(=O)c1OCc1ccccc1.P. The quantitative estimate of drug-likeness (QED) is 0.0282. The van der Waals surface area contributed by atoms with Crippen molar-refractivity contribution < 1.29 is 56.8 Å². The van der Waals surface area contributed by atoms with Gasteiger partial charge in [-0.15, -0.1) is 0 Å². The number of aliphatic hydroxyl groups excluding tert-OH is 2. The van der Waals surface area contributed by atoms with E-state index >= 15 is 0 Å². The molecule has 4 aromatic carbocycles. The lowest BCUT2D eigenvalue weighted by Crippen LogP contribution is -2.52. The number of nitrogens with one attached hydrogen (secondary N) is 1. The number of carbonyl (C=O) groups is 4. The number of ether oxygens (including phenoxy) is 3. The first-order valence-electron chi connectivity index (χ1n) is 27.1. The molecule has 2 saturated carbocycles. The van der Waals surface area contributed by atoms with Gasteiger partial charge in [-0.05, 0) is 80.8 Å². The molecule has 6 aromatic rings. The number of rotatable bonds is 22. The first-order chi connectivity index (χ1) is 39.2. The van der Waals surface area contributed by atoms with Crippen LogP contribution in [0.4, 0.5) is 8.78 Å². The minimum Gasteiger partial charge on any atom is -0.483 e. The molecule has 9 rings (SSSR count). The molecule has 21 heteroatoms. The number of aliphatic hydroxyl groups is 2. The van der Waals surface area contributed by atoms with Crippen LogP contribution in [-0.4, -0.2) is 93.7 Å². The lowest BCUT2D eigenvalue weighted by molar-refractivity contribution is 0.0476.